The van der Waals surface area contributed by atoms with Gasteiger partial charge in [-0.15, -0.1) is 10.2 Å². The Kier molecular flexibility index (Phi) is 6.82. The number of rotatable bonds is 7. The number of thioether (sulfide) groups is 1. The van der Waals surface area contributed by atoms with Gasteiger partial charge in [-0.3, -0.25) is 0 Å². The maximum Gasteiger partial charge on any atom is 0.191 e. The summed E-state index contributed by atoms with van der Waals surface area (Å²) in [7, 11) is 0. The molecule has 2 aromatic rings. The van der Waals surface area contributed by atoms with Gasteiger partial charge < -0.3 is 14.2 Å². The van der Waals surface area contributed by atoms with Crippen molar-refractivity contribution in [3.63, 3.8) is 0 Å². The van der Waals surface area contributed by atoms with E-state index in [9.17, 15) is 0 Å². The Hall–Kier alpha value is -1.37. The molecule has 0 radical (unpaired) electrons. The number of morpholine rings is 1. The standard InChI is InChI=1S/C21H30N4OS/c1-3-7-18(8-4-1)17-25-20(19-9-5-2-6-10-19)22-23-21(25)27-16-13-24-11-14-26-15-12-24/h1,3-4,7-8,19H,2,5-6,9-17H2/p+1. The van der Waals surface area contributed by atoms with Crippen LogP contribution in [0.2, 0.25) is 0 Å². The molecule has 2 heterocycles. The average molecular weight is 388 g/mol. The van der Waals surface area contributed by atoms with Gasteiger partial charge in [-0.25, -0.2) is 0 Å². The van der Waals surface area contributed by atoms with Gasteiger partial charge in [0.1, 0.15) is 18.9 Å². The van der Waals surface area contributed by atoms with Crippen molar-refractivity contribution in [3.8, 4) is 0 Å². The van der Waals surface area contributed by atoms with E-state index in [1.165, 1.54) is 50.0 Å². The zero-order valence-corrected chi connectivity index (χ0v) is 16.9. The number of quaternary nitrogens is 1. The predicted octanol–water partition coefficient (Wildman–Crippen LogP) is 2.38. The van der Waals surface area contributed by atoms with Crippen LogP contribution >= 0.6 is 11.8 Å². The molecule has 6 heteroatoms. The van der Waals surface area contributed by atoms with E-state index in [0.29, 0.717) is 5.92 Å². The lowest BCUT2D eigenvalue weighted by atomic mass is 9.88. The molecule has 1 saturated carbocycles. The molecule has 1 aromatic heterocycles. The van der Waals surface area contributed by atoms with Crippen molar-refractivity contribution in [2.24, 2.45) is 0 Å². The summed E-state index contributed by atoms with van der Waals surface area (Å²) in [6.07, 6.45) is 6.54. The van der Waals surface area contributed by atoms with E-state index in [-0.39, 0.29) is 0 Å². The molecule has 1 N–H and O–H groups in total. The monoisotopic (exact) mass is 387 g/mol. The third-order valence-electron chi connectivity index (χ3n) is 5.79. The highest BCUT2D eigenvalue weighted by atomic mass is 32.2. The Morgan fingerprint density at radius 2 is 1.81 bits per heavy atom. The Labute approximate surface area is 166 Å². The lowest BCUT2D eigenvalue weighted by Crippen LogP contribution is -3.14. The van der Waals surface area contributed by atoms with Crippen LogP contribution in [0.3, 0.4) is 0 Å². The number of benzene rings is 1. The van der Waals surface area contributed by atoms with Crippen molar-refractivity contribution in [2.75, 3.05) is 38.6 Å². The largest absolute Gasteiger partial charge is 0.370 e. The third kappa shape index (κ3) is 5.12. The predicted molar refractivity (Wildman–Crippen MR) is 108 cm³/mol. The van der Waals surface area contributed by atoms with E-state index in [0.717, 1.165) is 43.8 Å². The van der Waals surface area contributed by atoms with Crippen molar-refractivity contribution in [2.45, 2.75) is 49.7 Å². The summed E-state index contributed by atoms with van der Waals surface area (Å²) in [5.74, 6) is 2.88. The van der Waals surface area contributed by atoms with E-state index in [1.807, 2.05) is 11.8 Å². The van der Waals surface area contributed by atoms with Crippen LogP contribution in [-0.2, 0) is 11.3 Å². The molecule has 0 amide bonds. The van der Waals surface area contributed by atoms with Crippen LogP contribution in [0.15, 0.2) is 35.5 Å². The molecule has 0 atom stereocenters. The highest BCUT2D eigenvalue weighted by Gasteiger charge is 2.24. The molecule has 1 saturated heterocycles. The average Bonchev–Trinajstić information content (AvgIpc) is 3.13. The maximum absolute atomic E-state index is 5.47. The van der Waals surface area contributed by atoms with Gasteiger partial charge in [0.05, 0.1) is 32.1 Å². The molecule has 0 bridgehead atoms. The van der Waals surface area contributed by atoms with Crippen LogP contribution in [0.5, 0.6) is 0 Å². The zero-order chi connectivity index (χ0) is 18.3. The summed E-state index contributed by atoms with van der Waals surface area (Å²) >= 11 is 1.87. The van der Waals surface area contributed by atoms with Gasteiger partial charge in [0.2, 0.25) is 0 Å². The molecule has 0 spiro atoms. The first-order chi connectivity index (χ1) is 13.4. The molecule has 4 rings (SSSR count). The van der Waals surface area contributed by atoms with Gasteiger partial charge in [-0.1, -0.05) is 61.4 Å². The highest BCUT2D eigenvalue weighted by Crippen LogP contribution is 2.33. The van der Waals surface area contributed by atoms with Crippen molar-refractivity contribution in [1.82, 2.24) is 14.8 Å². The summed E-state index contributed by atoms with van der Waals surface area (Å²) in [6, 6.07) is 10.7. The maximum atomic E-state index is 5.47. The van der Waals surface area contributed by atoms with Crippen LogP contribution in [0.1, 0.15) is 49.4 Å². The van der Waals surface area contributed by atoms with Crippen LogP contribution < -0.4 is 4.90 Å². The van der Waals surface area contributed by atoms with Crippen molar-refractivity contribution in [3.05, 3.63) is 41.7 Å². The summed E-state index contributed by atoms with van der Waals surface area (Å²) < 4.78 is 7.86. The van der Waals surface area contributed by atoms with Crippen molar-refractivity contribution in [1.29, 1.82) is 0 Å². The first kappa shape index (κ1) is 19.0. The first-order valence-corrected chi connectivity index (χ1v) is 11.4. The number of hydrogen-bond acceptors (Lipinski definition) is 4. The fourth-order valence-corrected chi connectivity index (χ4v) is 5.17. The number of nitrogens with zero attached hydrogens (tertiary/aromatic N) is 3. The molecular formula is C21H31N4OS+. The summed E-state index contributed by atoms with van der Waals surface area (Å²) in [5.41, 5.74) is 1.33. The van der Waals surface area contributed by atoms with Crippen molar-refractivity contribution < 1.29 is 9.64 Å². The van der Waals surface area contributed by atoms with E-state index in [2.05, 4.69) is 45.1 Å². The Bertz CT molecular complexity index is 693. The molecule has 1 aromatic carbocycles. The summed E-state index contributed by atoms with van der Waals surface area (Å²) in [5, 5.41) is 10.4. The molecular weight excluding hydrogens is 356 g/mol. The summed E-state index contributed by atoms with van der Waals surface area (Å²) in [4.78, 5) is 1.65. The highest BCUT2D eigenvalue weighted by molar-refractivity contribution is 7.99. The minimum absolute atomic E-state index is 0.578. The van der Waals surface area contributed by atoms with E-state index in [1.54, 1.807) is 4.90 Å². The van der Waals surface area contributed by atoms with E-state index < -0.39 is 0 Å². The second-order valence-electron chi connectivity index (χ2n) is 7.71. The zero-order valence-electron chi connectivity index (χ0n) is 16.1. The molecule has 1 aliphatic heterocycles. The number of nitrogens with one attached hydrogen (secondary N) is 1. The normalized spacial score (nSPS) is 19.4. The lowest BCUT2D eigenvalue weighted by molar-refractivity contribution is -0.905. The third-order valence-corrected chi connectivity index (χ3v) is 6.75. The number of ether oxygens (including phenoxy) is 1. The fraction of sp³-hybridized carbons (Fsp3) is 0.619. The second-order valence-corrected chi connectivity index (χ2v) is 8.77. The van der Waals surface area contributed by atoms with Gasteiger partial charge in [0.15, 0.2) is 5.16 Å². The SMILES string of the molecule is c1ccc(Cn2c(SCC[NH+]3CCOCC3)nnc2C2CCCCC2)cc1. The lowest BCUT2D eigenvalue weighted by Gasteiger charge is -2.23. The molecule has 27 heavy (non-hydrogen) atoms. The Morgan fingerprint density at radius 3 is 2.59 bits per heavy atom. The molecule has 2 fully saturated rings. The Morgan fingerprint density at radius 1 is 1.04 bits per heavy atom. The number of hydrogen-bond donors (Lipinski definition) is 1. The van der Waals surface area contributed by atoms with Crippen LogP contribution in [0.25, 0.3) is 0 Å². The molecule has 0 unspecified atom stereocenters. The van der Waals surface area contributed by atoms with Gasteiger partial charge >= 0.3 is 0 Å². The van der Waals surface area contributed by atoms with Gasteiger partial charge in [0.25, 0.3) is 0 Å². The minimum atomic E-state index is 0.578. The minimum Gasteiger partial charge on any atom is -0.370 e. The molecule has 2 aliphatic rings. The van der Waals surface area contributed by atoms with Crippen LogP contribution in [-0.4, -0.2) is 53.4 Å². The van der Waals surface area contributed by atoms with E-state index in [4.69, 9.17) is 4.74 Å². The van der Waals surface area contributed by atoms with E-state index >= 15 is 0 Å². The van der Waals surface area contributed by atoms with Crippen LogP contribution in [0, 0.1) is 0 Å². The first-order valence-electron chi connectivity index (χ1n) is 10.4. The molecule has 5 nitrogen and oxygen atoms in total. The van der Waals surface area contributed by atoms with Crippen molar-refractivity contribution >= 4 is 11.8 Å². The topological polar surface area (TPSA) is 44.4 Å². The molecule has 146 valence electrons. The summed E-state index contributed by atoms with van der Waals surface area (Å²) in [6.45, 7) is 6.11. The smallest absolute Gasteiger partial charge is 0.191 e. The van der Waals surface area contributed by atoms with Crippen LogP contribution in [0.4, 0.5) is 0 Å². The Balaban J connectivity index is 1.46. The fourth-order valence-electron chi connectivity index (χ4n) is 4.18. The van der Waals surface area contributed by atoms with Gasteiger partial charge in [-0.05, 0) is 18.4 Å². The van der Waals surface area contributed by atoms with Gasteiger partial charge in [0, 0.05) is 5.92 Å². The van der Waals surface area contributed by atoms with Gasteiger partial charge in [-0.2, -0.15) is 0 Å². The molecule has 1 aliphatic carbocycles. The quantitative estimate of drug-likeness (QED) is 0.741. The number of aromatic nitrogens is 3. The second kappa shape index (κ2) is 9.71.